The van der Waals surface area contributed by atoms with Crippen molar-refractivity contribution in [3.63, 3.8) is 0 Å². The number of ketones is 1. The summed E-state index contributed by atoms with van der Waals surface area (Å²) in [6, 6.07) is 8.99. The highest BCUT2D eigenvalue weighted by atomic mass is 16.5. The molecule has 0 fully saturated rings. The number of rotatable bonds is 3. The smallest absolute Gasteiger partial charge is 0.371 e. The molecule has 4 heteroatoms. The average Bonchev–Trinajstić information content (AvgIpc) is 2.69. The van der Waals surface area contributed by atoms with Crippen LogP contribution in [0.4, 0.5) is 0 Å². The highest BCUT2D eigenvalue weighted by Gasteiger charge is 2.50. The van der Waals surface area contributed by atoms with Gasteiger partial charge in [-0.25, -0.2) is 4.79 Å². The van der Waals surface area contributed by atoms with Gasteiger partial charge in [0.05, 0.1) is 0 Å². The van der Waals surface area contributed by atoms with Crippen LogP contribution in [0.3, 0.4) is 0 Å². The topological polar surface area (TPSA) is 63.6 Å². The molecule has 18 heavy (non-hydrogen) atoms. The second-order valence-electron chi connectivity index (χ2n) is 4.54. The minimum Gasteiger partial charge on any atom is -0.475 e. The van der Waals surface area contributed by atoms with Crippen LogP contribution >= 0.6 is 0 Å². The SMILES string of the molecule is CC(C)[C@]1(c2ccccc2)OC(C(=O)O)=CC1=O. The molecule has 1 aromatic rings. The van der Waals surface area contributed by atoms with E-state index >= 15 is 0 Å². The normalized spacial score (nSPS) is 22.8. The number of carbonyl (C=O) groups is 2. The second-order valence-corrected chi connectivity index (χ2v) is 4.54. The van der Waals surface area contributed by atoms with Gasteiger partial charge in [0.15, 0.2) is 5.60 Å². The molecule has 0 spiro atoms. The molecule has 1 N–H and O–H groups in total. The van der Waals surface area contributed by atoms with E-state index in [9.17, 15) is 9.59 Å². The number of ether oxygens (including phenoxy) is 1. The predicted molar refractivity (Wildman–Crippen MR) is 64.8 cm³/mol. The fourth-order valence-electron chi connectivity index (χ4n) is 2.21. The highest BCUT2D eigenvalue weighted by molar-refractivity contribution is 6.06. The van der Waals surface area contributed by atoms with E-state index in [-0.39, 0.29) is 17.5 Å². The van der Waals surface area contributed by atoms with Gasteiger partial charge in [-0.15, -0.1) is 0 Å². The molecule has 0 amide bonds. The summed E-state index contributed by atoms with van der Waals surface area (Å²) < 4.78 is 5.48. The molecule has 0 saturated heterocycles. The zero-order chi connectivity index (χ0) is 13.3. The zero-order valence-corrected chi connectivity index (χ0v) is 10.2. The van der Waals surface area contributed by atoms with Gasteiger partial charge in [-0.2, -0.15) is 0 Å². The number of carboxylic acids is 1. The molecule has 0 aromatic heterocycles. The fourth-order valence-corrected chi connectivity index (χ4v) is 2.21. The molecule has 94 valence electrons. The summed E-state index contributed by atoms with van der Waals surface area (Å²) in [5.41, 5.74) is -0.535. The molecule has 0 saturated carbocycles. The van der Waals surface area contributed by atoms with Crippen LogP contribution < -0.4 is 0 Å². The summed E-state index contributed by atoms with van der Waals surface area (Å²) in [5.74, 6) is -2.00. The monoisotopic (exact) mass is 246 g/mol. The molecule has 4 nitrogen and oxygen atoms in total. The van der Waals surface area contributed by atoms with Gasteiger partial charge in [-0.1, -0.05) is 44.2 Å². The largest absolute Gasteiger partial charge is 0.475 e. The first kappa shape index (κ1) is 12.4. The van der Waals surface area contributed by atoms with Crippen molar-refractivity contribution in [3.8, 4) is 0 Å². The van der Waals surface area contributed by atoms with E-state index in [0.29, 0.717) is 5.56 Å². The standard InChI is InChI=1S/C14H14O4/c1-9(2)14(10-6-4-3-5-7-10)12(15)8-11(18-14)13(16)17/h3-9H,1-2H3,(H,16,17)/t14-/m1/s1. The average molecular weight is 246 g/mol. The third kappa shape index (κ3) is 1.70. The maximum Gasteiger partial charge on any atom is 0.371 e. The van der Waals surface area contributed by atoms with Gasteiger partial charge < -0.3 is 9.84 Å². The molecule has 1 heterocycles. The van der Waals surface area contributed by atoms with Crippen LogP contribution in [0.5, 0.6) is 0 Å². The lowest BCUT2D eigenvalue weighted by molar-refractivity contribution is -0.145. The summed E-state index contributed by atoms with van der Waals surface area (Å²) >= 11 is 0. The lowest BCUT2D eigenvalue weighted by Gasteiger charge is -2.32. The predicted octanol–water partition coefficient (Wildman–Crippen LogP) is 2.11. The molecule has 0 radical (unpaired) electrons. The molecule has 1 atom stereocenters. The van der Waals surface area contributed by atoms with E-state index in [2.05, 4.69) is 0 Å². The summed E-state index contributed by atoms with van der Waals surface area (Å²) in [6.45, 7) is 3.67. The molecular formula is C14H14O4. The van der Waals surface area contributed by atoms with Crippen LogP contribution in [0.15, 0.2) is 42.2 Å². The van der Waals surface area contributed by atoms with E-state index in [1.807, 2.05) is 19.9 Å². The van der Waals surface area contributed by atoms with Crippen LogP contribution in [0, 0.1) is 5.92 Å². The lowest BCUT2D eigenvalue weighted by Crippen LogP contribution is -2.39. The number of aliphatic carboxylic acids is 1. The van der Waals surface area contributed by atoms with Gasteiger partial charge in [-0.3, -0.25) is 4.79 Å². The van der Waals surface area contributed by atoms with Crippen LogP contribution in [-0.2, 0) is 19.9 Å². The van der Waals surface area contributed by atoms with Crippen molar-refractivity contribution < 1.29 is 19.4 Å². The van der Waals surface area contributed by atoms with Gasteiger partial charge in [0, 0.05) is 17.6 Å². The van der Waals surface area contributed by atoms with E-state index in [1.54, 1.807) is 24.3 Å². The van der Waals surface area contributed by atoms with E-state index in [1.165, 1.54) is 0 Å². The first-order chi connectivity index (χ1) is 8.48. The van der Waals surface area contributed by atoms with Gasteiger partial charge in [0.2, 0.25) is 11.5 Å². The number of hydrogen-bond donors (Lipinski definition) is 1. The highest BCUT2D eigenvalue weighted by Crippen LogP contribution is 2.41. The molecule has 0 bridgehead atoms. The Kier molecular flexibility index (Phi) is 2.95. The lowest BCUT2D eigenvalue weighted by atomic mass is 9.80. The molecule has 1 aliphatic rings. The number of benzene rings is 1. The zero-order valence-electron chi connectivity index (χ0n) is 10.2. The number of carbonyl (C=O) groups excluding carboxylic acids is 1. The first-order valence-electron chi connectivity index (χ1n) is 5.72. The molecule has 1 aliphatic heterocycles. The Labute approximate surface area is 105 Å². The molecule has 2 rings (SSSR count). The van der Waals surface area contributed by atoms with Crippen molar-refractivity contribution in [2.45, 2.75) is 19.4 Å². The Hall–Kier alpha value is -2.10. The second kappa shape index (κ2) is 4.29. The summed E-state index contributed by atoms with van der Waals surface area (Å²) in [7, 11) is 0. The van der Waals surface area contributed by atoms with Crippen molar-refractivity contribution in [1.82, 2.24) is 0 Å². The number of carboxylic acid groups (broad SMARTS) is 1. The fraction of sp³-hybridized carbons (Fsp3) is 0.286. The Morgan fingerprint density at radius 2 is 1.89 bits per heavy atom. The minimum atomic E-state index is -1.22. The van der Waals surface area contributed by atoms with Crippen molar-refractivity contribution in [1.29, 1.82) is 0 Å². The maximum absolute atomic E-state index is 12.2. The quantitative estimate of drug-likeness (QED) is 0.887. The van der Waals surface area contributed by atoms with E-state index in [4.69, 9.17) is 9.84 Å². The minimum absolute atomic E-state index is 0.166. The van der Waals surface area contributed by atoms with E-state index < -0.39 is 11.6 Å². The Morgan fingerprint density at radius 3 is 2.33 bits per heavy atom. The van der Waals surface area contributed by atoms with Gasteiger partial charge in [-0.05, 0) is 0 Å². The number of hydrogen-bond acceptors (Lipinski definition) is 3. The summed E-state index contributed by atoms with van der Waals surface area (Å²) in [6.07, 6.45) is 1.06. The van der Waals surface area contributed by atoms with Gasteiger partial charge in [0.25, 0.3) is 0 Å². The molecule has 0 aliphatic carbocycles. The third-order valence-corrected chi connectivity index (χ3v) is 3.13. The summed E-state index contributed by atoms with van der Waals surface area (Å²) in [4.78, 5) is 23.1. The van der Waals surface area contributed by atoms with Crippen molar-refractivity contribution in [2.24, 2.45) is 5.92 Å². The summed E-state index contributed by atoms with van der Waals surface area (Å²) in [5, 5.41) is 8.95. The van der Waals surface area contributed by atoms with E-state index in [0.717, 1.165) is 6.08 Å². The third-order valence-electron chi connectivity index (χ3n) is 3.13. The van der Waals surface area contributed by atoms with Crippen LogP contribution in [0.25, 0.3) is 0 Å². The van der Waals surface area contributed by atoms with Crippen LogP contribution in [-0.4, -0.2) is 16.9 Å². The molecule has 1 aromatic carbocycles. The van der Waals surface area contributed by atoms with Gasteiger partial charge >= 0.3 is 5.97 Å². The Morgan fingerprint density at radius 1 is 1.28 bits per heavy atom. The first-order valence-corrected chi connectivity index (χ1v) is 5.72. The van der Waals surface area contributed by atoms with Crippen molar-refractivity contribution >= 4 is 11.8 Å². The van der Waals surface area contributed by atoms with Crippen molar-refractivity contribution in [2.75, 3.05) is 0 Å². The maximum atomic E-state index is 12.2. The van der Waals surface area contributed by atoms with Crippen LogP contribution in [0.1, 0.15) is 19.4 Å². The van der Waals surface area contributed by atoms with Gasteiger partial charge in [0.1, 0.15) is 0 Å². The van der Waals surface area contributed by atoms with Crippen LogP contribution in [0.2, 0.25) is 0 Å². The Bertz CT molecular complexity index is 516. The molecular weight excluding hydrogens is 232 g/mol. The molecule has 0 unspecified atom stereocenters. The van der Waals surface area contributed by atoms with Crippen molar-refractivity contribution in [3.05, 3.63) is 47.7 Å². The Balaban J connectivity index is 2.50.